The van der Waals surface area contributed by atoms with Crippen LogP contribution in [0.5, 0.6) is 0 Å². The lowest BCUT2D eigenvalue weighted by Gasteiger charge is -2.12. The van der Waals surface area contributed by atoms with Gasteiger partial charge < -0.3 is 19.8 Å². The summed E-state index contributed by atoms with van der Waals surface area (Å²) >= 11 is 6.51. The van der Waals surface area contributed by atoms with Crippen molar-refractivity contribution >= 4 is 44.8 Å². The summed E-state index contributed by atoms with van der Waals surface area (Å²) in [6.45, 7) is 0.746. The van der Waals surface area contributed by atoms with Crippen LogP contribution in [0.15, 0.2) is 68.4 Å². The van der Waals surface area contributed by atoms with Crippen LogP contribution in [0, 0.1) is 0 Å². The number of nitrogens with two attached hydrogens (primary N) is 1. The van der Waals surface area contributed by atoms with Crippen LogP contribution in [0.2, 0.25) is 0 Å². The van der Waals surface area contributed by atoms with E-state index in [1.807, 2.05) is 28.8 Å². The van der Waals surface area contributed by atoms with Gasteiger partial charge >= 0.3 is 0 Å². The number of nitrogen functional groups attached to an aromatic ring is 1. The SMILES string of the molecule is Nc1ncn(CCc2ccsc2)c2nc(SC3=COC(c4ccccc4Br)O3)nc1-2. The molecule has 0 amide bonds. The second-order valence-electron chi connectivity index (χ2n) is 6.53. The number of fused-ring (bicyclic) bond motifs is 1. The van der Waals surface area contributed by atoms with Crippen molar-refractivity contribution in [3.05, 3.63) is 74.4 Å². The molecule has 2 N–H and O–H groups in total. The molecule has 30 heavy (non-hydrogen) atoms. The Balaban J connectivity index is 1.33. The molecule has 1 aromatic heterocycles. The van der Waals surface area contributed by atoms with E-state index in [1.165, 1.54) is 17.3 Å². The van der Waals surface area contributed by atoms with E-state index in [0.29, 0.717) is 27.6 Å². The van der Waals surface area contributed by atoms with Gasteiger partial charge in [-0.25, -0.2) is 15.0 Å². The lowest BCUT2D eigenvalue weighted by molar-refractivity contribution is -0.0278. The Hall–Kier alpha value is -2.56. The van der Waals surface area contributed by atoms with Crippen LogP contribution < -0.4 is 5.73 Å². The summed E-state index contributed by atoms with van der Waals surface area (Å²) in [4.78, 5) is 13.5. The summed E-state index contributed by atoms with van der Waals surface area (Å²) in [6.07, 6.45) is 3.68. The van der Waals surface area contributed by atoms with Gasteiger partial charge in [-0.1, -0.05) is 34.1 Å². The zero-order valence-corrected chi connectivity index (χ0v) is 18.8. The minimum Gasteiger partial charge on any atom is -0.454 e. The summed E-state index contributed by atoms with van der Waals surface area (Å²) in [5.41, 5.74) is 8.83. The smallest absolute Gasteiger partial charge is 0.268 e. The number of nitrogens with zero attached hydrogens (tertiary/aromatic N) is 4. The Morgan fingerprint density at radius 3 is 2.97 bits per heavy atom. The molecule has 0 aliphatic carbocycles. The molecule has 0 fully saturated rings. The predicted molar refractivity (Wildman–Crippen MR) is 120 cm³/mol. The molecule has 1 aromatic carbocycles. The molecule has 152 valence electrons. The van der Waals surface area contributed by atoms with Crippen molar-refractivity contribution in [1.29, 1.82) is 0 Å². The fourth-order valence-electron chi connectivity index (χ4n) is 3.05. The first-order chi connectivity index (χ1) is 14.7. The number of rotatable bonds is 6. The van der Waals surface area contributed by atoms with Gasteiger partial charge in [-0.15, -0.1) is 0 Å². The average molecular weight is 502 g/mol. The largest absolute Gasteiger partial charge is 0.454 e. The number of aryl methyl sites for hydroxylation is 2. The van der Waals surface area contributed by atoms with Crippen LogP contribution in [-0.2, 0) is 22.4 Å². The number of anilines is 1. The highest BCUT2D eigenvalue weighted by atomic mass is 79.9. The van der Waals surface area contributed by atoms with Crippen LogP contribution in [0.25, 0.3) is 11.5 Å². The summed E-state index contributed by atoms with van der Waals surface area (Å²) in [5, 5.41) is 5.34. The van der Waals surface area contributed by atoms with Crippen molar-refractivity contribution in [3.8, 4) is 11.5 Å². The lowest BCUT2D eigenvalue weighted by Crippen LogP contribution is -2.09. The first kappa shape index (κ1) is 19.4. The van der Waals surface area contributed by atoms with Crippen LogP contribution in [0.4, 0.5) is 5.82 Å². The fraction of sp³-hybridized carbons (Fsp3) is 0.150. The molecule has 7 nitrogen and oxygen atoms in total. The van der Waals surface area contributed by atoms with E-state index in [2.05, 4.69) is 47.7 Å². The molecule has 2 aromatic rings. The number of benzene rings is 1. The standard InChI is InChI=1S/C20H16BrN5O2S2/c21-14-4-2-1-3-13(14)19-27-9-15(28-19)30-20-24-16-17(22)23-11-26(18(16)25-20)7-5-12-6-8-29-10-12/h1-4,6,8-11,19H,5,7,22H2. The Labute approximate surface area is 189 Å². The molecule has 1 unspecified atom stereocenters. The van der Waals surface area contributed by atoms with E-state index in [0.717, 1.165) is 23.0 Å². The number of ether oxygens (including phenoxy) is 2. The maximum absolute atomic E-state index is 6.04. The molecule has 3 aliphatic rings. The third-order valence-electron chi connectivity index (χ3n) is 4.56. The van der Waals surface area contributed by atoms with E-state index in [9.17, 15) is 0 Å². The first-order valence-corrected chi connectivity index (χ1v) is 11.7. The number of imidazole rings is 1. The zero-order chi connectivity index (χ0) is 20.5. The highest BCUT2D eigenvalue weighted by Crippen LogP contribution is 2.40. The third-order valence-corrected chi connectivity index (χ3v) is 6.77. The molecule has 5 rings (SSSR count). The molecule has 0 saturated carbocycles. The molecule has 1 atom stereocenters. The van der Waals surface area contributed by atoms with E-state index in [-0.39, 0.29) is 0 Å². The molecule has 0 saturated heterocycles. The number of halogens is 1. The molecular weight excluding hydrogens is 486 g/mol. The van der Waals surface area contributed by atoms with Gasteiger partial charge in [0.25, 0.3) is 6.29 Å². The van der Waals surface area contributed by atoms with Crippen molar-refractivity contribution in [2.24, 2.45) is 0 Å². The van der Waals surface area contributed by atoms with Crippen LogP contribution in [0.3, 0.4) is 0 Å². The number of hydrogen-bond acceptors (Lipinski definition) is 8. The highest BCUT2D eigenvalue weighted by Gasteiger charge is 2.26. The normalized spacial score (nSPS) is 15.8. The first-order valence-electron chi connectivity index (χ1n) is 9.11. The van der Waals surface area contributed by atoms with Crippen LogP contribution >= 0.6 is 39.0 Å². The number of thiophene rings is 1. The number of hydrogen-bond donors (Lipinski definition) is 1. The molecule has 0 spiro atoms. The van der Waals surface area contributed by atoms with Gasteiger partial charge in [-0.05, 0) is 46.6 Å². The topological polar surface area (TPSA) is 88.1 Å². The van der Waals surface area contributed by atoms with E-state index in [1.54, 1.807) is 23.9 Å². The summed E-state index contributed by atoms with van der Waals surface area (Å²) in [5.74, 6) is 1.07. The Morgan fingerprint density at radius 1 is 1.23 bits per heavy atom. The van der Waals surface area contributed by atoms with Crippen molar-refractivity contribution in [3.63, 3.8) is 0 Å². The van der Waals surface area contributed by atoms with Crippen LogP contribution in [-0.4, -0.2) is 19.5 Å². The Morgan fingerprint density at radius 2 is 2.13 bits per heavy atom. The monoisotopic (exact) mass is 501 g/mol. The molecule has 3 aliphatic heterocycles. The van der Waals surface area contributed by atoms with Crippen LogP contribution in [0.1, 0.15) is 17.4 Å². The van der Waals surface area contributed by atoms with Gasteiger partial charge in [-0.2, -0.15) is 11.3 Å². The molecule has 4 heterocycles. The minimum absolute atomic E-state index is 0.361. The number of aromatic nitrogens is 4. The zero-order valence-electron chi connectivity index (χ0n) is 15.6. The van der Waals surface area contributed by atoms with Crippen molar-refractivity contribution < 1.29 is 9.47 Å². The quantitative estimate of drug-likeness (QED) is 0.394. The maximum atomic E-state index is 6.04. The Kier molecular flexibility index (Phi) is 5.36. The summed E-state index contributed by atoms with van der Waals surface area (Å²) in [7, 11) is 0. The molecule has 0 radical (unpaired) electrons. The average Bonchev–Trinajstić information content (AvgIpc) is 3.49. The minimum atomic E-state index is -0.505. The van der Waals surface area contributed by atoms with Gasteiger partial charge in [0.15, 0.2) is 22.5 Å². The maximum Gasteiger partial charge on any atom is 0.268 e. The van der Waals surface area contributed by atoms with Gasteiger partial charge in [0.2, 0.25) is 5.09 Å². The second kappa shape index (κ2) is 8.29. The van der Waals surface area contributed by atoms with Crippen molar-refractivity contribution in [2.45, 2.75) is 24.4 Å². The van der Waals surface area contributed by atoms with Gasteiger partial charge in [0, 0.05) is 16.6 Å². The summed E-state index contributed by atoms with van der Waals surface area (Å²) in [6, 6.07) is 9.91. The van der Waals surface area contributed by atoms with E-state index >= 15 is 0 Å². The lowest BCUT2D eigenvalue weighted by atomic mass is 10.2. The second-order valence-corrected chi connectivity index (χ2v) is 9.14. The van der Waals surface area contributed by atoms with Gasteiger partial charge in [-0.3, -0.25) is 0 Å². The van der Waals surface area contributed by atoms with Crippen molar-refractivity contribution in [1.82, 2.24) is 19.5 Å². The predicted octanol–water partition coefficient (Wildman–Crippen LogP) is 5.06. The number of thioether (sulfide) groups is 1. The summed E-state index contributed by atoms with van der Waals surface area (Å²) < 4.78 is 14.5. The fourth-order valence-corrected chi connectivity index (χ4v) is 4.91. The van der Waals surface area contributed by atoms with Gasteiger partial charge in [0.05, 0.1) is 6.33 Å². The highest BCUT2D eigenvalue weighted by molar-refractivity contribution is 9.10. The molecule has 0 bridgehead atoms. The van der Waals surface area contributed by atoms with E-state index < -0.39 is 6.29 Å². The third kappa shape index (κ3) is 3.90. The van der Waals surface area contributed by atoms with E-state index in [4.69, 9.17) is 15.2 Å². The molecular formula is C20H16BrN5O2S2. The molecule has 10 heteroatoms. The Bertz CT molecular complexity index is 1180. The van der Waals surface area contributed by atoms with Crippen molar-refractivity contribution in [2.75, 3.05) is 5.73 Å². The van der Waals surface area contributed by atoms with Gasteiger partial charge in [0.1, 0.15) is 6.26 Å².